The molecule has 0 N–H and O–H groups in total. The van der Waals surface area contributed by atoms with E-state index in [4.69, 9.17) is 5.26 Å². The van der Waals surface area contributed by atoms with Crippen LogP contribution >= 0.6 is 0 Å². The first-order chi connectivity index (χ1) is 11.4. The van der Waals surface area contributed by atoms with Crippen LogP contribution in [0.15, 0.2) is 30.5 Å². The lowest BCUT2D eigenvalue weighted by Gasteiger charge is -2.30. The molecule has 3 rings (SSSR count). The van der Waals surface area contributed by atoms with E-state index in [0.717, 1.165) is 22.5 Å². The molecule has 1 aliphatic rings. The number of halogens is 3. The molecule has 0 bridgehead atoms. The van der Waals surface area contributed by atoms with Gasteiger partial charge in [0.15, 0.2) is 5.69 Å². The number of carbonyl (C=O) groups excluding carboxylic acids is 1. The van der Waals surface area contributed by atoms with Gasteiger partial charge in [-0.1, -0.05) is 6.07 Å². The van der Waals surface area contributed by atoms with E-state index in [1.165, 1.54) is 4.90 Å². The average Bonchev–Trinajstić information content (AvgIpc) is 3.02. The van der Waals surface area contributed by atoms with Crippen molar-refractivity contribution in [2.75, 3.05) is 11.4 Å². The molecule has 0 radical (unpaired) electrons. The lowest BCUT2D eigenvalue weighted by atomic mass is 9.97. The summed E-state index contributed by atoms with van der Waals surface area (Å²) < 4.78 is 38.7. The van der Waals surface area contributed by atoms with E-state index in [1.807, 2.05) is 0 Å². The molecule has 2 aromatic rings. The molecule has 8 heteroatoms. The maximum atomic E-state index is 12.6. The van der Waals surface area contributed by atoms with Crippen LogP contribution in [-0.4, -0.2) is 22.2 Å². The predicted molar refractivity (Wildman–Crippen MR) is 79.1 cm³/mol. The molecular formula is C16H13F3N4O. The zero-order valence-electron chi connectivity index (χ0n) is 12.5. The van der Waals surface area contributed by atoms with E-state index in [9.17, 15) is 18.0 Å². The highest BCUT2D eigenvalue weighted by Crippen LogP contribution is 2.30. The largest absolute Gasteiger partial charge is 0.435 e. The summed E-state index contributed by atoms with van der Waals surface area (Å²) in [4.78, 5) is 14.0. The summed E-state index contributed by atoms with van der Waals surface area (Å²) in [5.41, 5.74) is 0.939. The fraction of sp³-hybridized carbons (Fsp3) is 0.312. The van der Waals surface area contributed by atoms with Crippen LogP contribution < -0.4 is 4.90 Å². The van der Waals surface area contributed by atoms with E-state index in [0.29, 0.717) is 30.6 Å². The van der Waals surface area contributed by atoms with Crippen LogP contribution in [0.2, 0.25) is 0 Å². The minimum Gasteiger partial charge on any atom is -0.310 e. The average molecular weight is 334 g/mol. The highest BCUT2D eigenvalue weighted by Gasteiger charge is 2.34. The molecule has 0 aliphatic carbocycles. The highest BCUT2D eigenvalue weighted by atomic mass is 19.4. The fourth-order valence-electron chi connectivity index (χ4n) is 2.81. The Bertz CT molecular complexity index is 819. The van der Waals surface area contributed by atoms with Gasteiger partial charge in [0.05, 0.1) is 11.6 Å². The van der Waals surface area contributed by atoms with E-state index < -0.39 is 11.9 Å². The zero-order valence-corrected chi connectivity index (χ0v) is 12.5. The normalized spacial score (nSPS) is 14.2. The van der Waals surface area contributed by atoms with Crippen LogP contribution in [0, 0.1) is 11.3 Å². The van der Waals surface area contributed by atoms with Crippen molar-refractivity contribution in [2.45, 2.75) is 25.6 Å². The predicted octanol–water partition coefficient (Wildman–Crippen LogP) is 2.75. The molecule has 0 atom stereocenters. The second kappa shape index (κ2) is 6.00. The number of benzene rings is 1. The van der Waals surface area contributed by atoms with Gasteiger partial charge in [0.25, 0.3) is 0 Å². The standard InChI is InChI=1S/C16H13F3N4O/c17-16(18,19)14-6-8-22(21-14)10-15(24)23-7-2-4-12-11(9-20)3-1-5-13(12)23/h1,3,5-6,8H,2,4,7,10H2. The molecule has 1 amide bonds. The van der Waals surface area contributed by atoms with Crippen LogP contribution in [-0.2, 0) is 23.9 Å². The third kappa shape index (κ3) is 2.97. The Kier molecular flexibility index (Phi) is 4.01. The number of nitriles is 1. The number of carbonyl (C=O) groups is 1. The molecule has 2 heterocycles. The van der Waals surface area contributed by atoms with Crippen molar-refractivity contribution >= 4 is 11.6 Å². The summed E-state index contributed by atoms with van der Waals surface area (Å²) in [5, 5.41) is 12.6. The molecule has 1 aromatic heterocycles. The summed E-state index contributed by atoms with van der Waals surface area (Å²) >= 11 is 0. The quantitative estimate of drug-likeness (QED) is 0.848. The minimum atomic E-state index is -4.53. The Hall–Kier alpha value is -2.82. The minimum absolute atomic E-state index is 0.285. The van der Waals surface area contributed by atoms with Crippen LogP contribution in [0.5, 0.6) is 0 Å². The number of hydrogen-bond donors (Lipinski definition) is 0. The van der Waals surface area contributed by atoms with Gasteiger partial charge >= 0.3 is 6.18 Å². The van der Waals surface area contributed by atoms with Crippen molar-refractivity contribution < 1.29 is 18.0 Å². The van der Waals surface area contributed by atoms with Gasteiger partial charge < -0.3 is 4.90 Å². The number of fused-ring (bicyclic) bond motifs is 1. The molecular weight excluding hydrogens is 321 g/mol. The Morgan fingerprint density at radius 2 is 2.12 bits per heavy atom. The fourth-order valence-corrected chi connectivity index (χ4v) is 2.81. The summed E-state index contributed by atoms with van der Waals surface area (Å²) in [6.45, 7) is 0.181. The molecule has 0 unspecified atom stereocenters. The highest BCUT2D eigenvalue weighted by molar-refractivity contribution is 5.94. The van der Waals surface area contributed by atoms with Crippen molar-refractivity contribution in [3.63, 3.8) is 0 Å². The molecule has 0 saturated heterocycles. The molecule has 124 valence electrons. The molecule has 0 fully saturated rings. The van der Waals surface area contributed by atoms with Crippen LogP contribution in [0.4, 0.5) is 18.9 Å². The zero-order chi connectivity index (χ0) is 17.3. The summed E-state index contributed by atoms with van der Waals surface area (Å²) in [6, 6.07) is 8.07. The number of hydrogen-bond acceptors (Lipinski definition) is 3. The van der Waals surface area contributed by atoms with Gasteiger partial charge in [-0.05, 0) is 36.6 Å². The van der Waals surface area contributed by atoms with Crippen molar-refractivity contribution in [3.8, 4) is 6.07 Å². The van der Waals surface area contributed by atoms with Crippen molar-refractivity contribution in [1.29, 1.82) is 5.26 Å². The molecule has 24 heavy (non-hydrogen) atoms. The van der Waals surface area contributed by atoms with Crippen molar-refractivity contribution in [2.24, 2.45) is 0 Å². The molecule has 5 nitrogen and oxygen atoms in total. The number of amides is 1. The number of alkyl halides is 3. The van der Waals surface area contributed by atoms with Gasteiger partial charge in [-0.15, -0.1) is 0 Å². The van der Waals surface area contributed by atoms with Gasteiger partial charge in [0, 0.05) is 18.4 Å². The Morgan fingerprint density at radius 3 is 2.79 bits per heavy atom. The lowest BCUT2D eigenvalue weighted by molar-refractivity contribution is -0.141. The van der Waals surface area contributed by atoms with Gasteiger partial charge in [0.1, 0.15) is 6.54 Å². The van der Waals surface area contributed by atoms with Crippen LogP contribution in [0.3, 0.4) is 0 Å². The Labute approximate surface area is 135 Å². The molecule has 0 saturated carbocycles. The van der Waals surface area contributed by atoms with Gasteiger partial charge in [0.2, 0.25) is 5.91 Å². The van der Waals surface area contributed by atoms with Crippen LogP contribution in [0.1, 0.15) is 23.2 Å². The van der Waals surface area contributed by atoms with E-state index in [2.05, 4.69) is 11.2 Å². The molecule has 1 aliphatic heterocycles. The van der Waals surface area contributed by atoms with Gasteiger partial charge in [-0.3, -0.25) is 9.48 Å². The van der Waals surface area contributed by atoms with E-state index in [-0.39, 0.29) is 12.5 Å². The Balaban J connectivity index is 1.83. The lowest BCUT2D eigenvalue weighted by Crippen LogP contribution is -2.38. The maximum absolute atomic E-state index is 12.6. The second-order valence-corrected chi connectivity index (χ2v) is 5.46. The van der Waals surface area contributed by atoms with Crippen molar-refractivity contribution in [1.82, 2.24) is 9.78 Å². The van der Waals surface area contributed by atoms with E-state index in [1.54, 1.807) is 18.2 Å². The van der Waals surface area contributed by atoms with Gasteiger partial charge in [-0.25, -0.2) is 0 Å². The Morgan fingerprint density at radius 1 is 1.33 bits per heavy atom. The maximum Gasteiger partial charge on any atom is 0.435 e. The van der Waals surface area contributed by atoms with Crippen LogP contribution in [0.25, 0.3) is 0 Å². The number of aromatic nitrogens is 2. The molecule has 0 spiro atoms. The SMILES string of the molecule is N#Cc1cccc2c1CCCN2C(=O)Cn1ccc(C(F)(F)F)n1. The smallest absolute Gasteiger partial charge is 0.310 e. The second-order valence-electron chi connectivity index (χ2n) is 5.46. The summed E-state index contributed by atoms with van der Waals surface area (Å²) in [6.07, 6.45) is -2.00. The first-order valence-electron chi connectivity index (χ1n) is 7.33. The number of nitrogens with zero attached hydrogens (tertiary/aromatic N) is 4. The van der Waals surface area contributed by atoms with E-state index >= 15 is 0 Å². The third-order valence-electron chi connectivity index (χ3n) is 3.90. The van der Waals surface area contributed by atoms with Crippen molar-refractivity contribution in [3.05, 3.63) is 47.3 Å². The number of rotatable bonds is 2. The first kappa shape index (κ1) is 16.1. The first-order valence-corrected chi connectivity index (χ1v) is 7.33. The third-order valence-corrected chi connectivity index (χ3v) is 3.90. The monoisotopic (exact) mass is 334 g/mol. The summed E-state index contributed by atoms with van der Waals surface area (Å²) in [5.74, 6) is -0.358. The van der Waals surface area contributed by atoms with Gasteiger partial charge in [-0.2, -0.15) is 23.5 Å². The topological polar surface area (TPSA) is 61.9 Å². The molecule has 1 aromatic carbocycles. The number of anilines is 1. The summed E-state index contributed by atoms with van der Waals surface area (Å²) in [7, 11) is 0.